The zero-order valence-corrected chi connectivity index (χ0v) is 19.4. The Morgan fingerprint density at radius 2 is 1.68 bits per heavy atom. The number of nitrogens with zero attached hydrogens (tertiary/aromatic N) is 3. The lowest BCUT2D eigenvalue weighted by Gasteiger charge is -2.19. The maximum atomic E-state index is 13.5. The molecule has 0 amide bonds. The second-order valence-electron chi connectivity index (χ2n) is 8.20. The normalized spacial score (nSPS) is 12.2. The van der Waals surface area contributed by atoms with Crippen LogP contribution in [0.15, 0.2) is 53.4 Å². The molecule has 0 radical (unpaired) electrons. The highest BCUT2D eigenvalue weighted by Crippen LogP contribution is 2.28. The average molecular weight is 444 g/mol. The molecule has 0 aliphatic heterocycles. The van der Waals surface area contributed by atoms with Crippen molar-refractivity contribution in [2.45, 2.75) is 44.9 Å². The zero-order valence-electron chi connectivity index (χ0n) is 18.6. The lowest BCUT2D eigenvalue weighted by Crippen LogP contribution is -2.17. The van der Waals surface area contributed by atoms with Gasteiger partial charge >= 0.3 is 6.01 Å². The van der Waals surface area contributed by atoms with Gasteiger partial charge in [0.15, 0.2) is 5.82 Å². The molecule has 1 heterocycles. The van der Waals surface area contributed by atoms with E-state index in [9.17, 15) is 8.42 Å². The number of hydrogen-bond acceptors (Lipinski definition) is 6. The molecule has 31 heavy (non-hydrogen) atoms. The molecule has 0 bridgehead atoms. The monoisotopic (exact) mass is 443 g/mol. The molecular weight excluding hydrogens is 414 g/mol. The molecule has 3 rings (SSSR count). The first kappa shape index (κ1) is 23.0. The van der Waals surface area contributed by atoms with Crippen LogP contribution in [-0.4, -0.2) is 42.4 Å². The van der Waals surface area contributed by atoms with Crippen molar-refractivity contribution >= 4 is 10.0 Å². The topological polar surface area (TPSA) is 83.3 Å². The van der Waals surface area contributed by atoms with E-state index in [4.69, 9.17) is 9.47 Å². The van der Waals surface area contributed by atoms with E-state index in [1.807, 2.05) is 50.2 Å². The van der Waals surface area contributed by atoms with Crippen LogP contribution in [0.5, 0.6) is 6.01 Å². The van der Waals surface area contributed by atoms with E-state index in [2.05, 4.69) is 30.9 Å². The Kier molecular flexibility index (Phi) is 6.81. The number of ether oxygens (including phenoxy) is 2. The summed E-state index contributed by atoms with van der Waals surface area (Å²) in [5.41, 5.74) is 2.52. The fraction of sp³-hybridized carbons (Fsp3) is 0.391. The molecule has 0 aliphatic carbocycles. The smallest absolute Gasteiger partial charge is 0.337 e. The van der Waals surface area contributed by atoms with Crippen LogP contribution in [-0.2, 0) is 20.2 Å². The standard InChI is InChI=1S/C23H29N3O4S/c1-6-29-15-16-30-22-24-21(20-10-8-7-9-17(20)2)26(25-22)31(27,28)19-13-11-18(12-14-19)23(3,4)5/h7-14H,6,15-16H2,1-5H3. The van der Waals surface area contributed by atoms with Crippen molar-refractivity contribution in [3.8, 4) is 17.4 Å². The molecule has 0 N–H and O–H groups in total. The van der Waals surface area contributed by atoms with Gasteiger partial charge in [-0.1, -0.05) is 62.3 Å². The van der Waals surface area contributed by atoms with Crippen LogP contribution in [0.2, 0.25) is 0 Å². The van der Waals surface area contributed by atoms with E-state index >= 15 is 0 Å². The first-order valence-electron chi connectivity index (χ1n) is 10.2. The molecule has 0 spiro atoms. The molecule has 166 valence electrons. The largest absolute Gasteiger partial charge is 0.460 e. The highest BCUT2D eigenvalue weighted by atomic mass is 32.2. The molecule has 0 saturated carbocycles. The fourth-order valence-corrected chi connectivity index (χ4v) is 4.28. The van der Waals surface area contributed by atoms with Gasteiger partial charge in [-0.15, -0.1) is 4.09 Å². The quantitative estimate of drug-likeness (QED) is 0.485. The Bertz CT molecular complexity index is 1130. The highest BCUT2D eigenvalue weighted by Gasteiger charge is 2.27. The Morgan fingerprint density at radius 1 is 1.00 bits per heavy atom. The van der Waals surface area contributed by atoms with Gasteiger partial charge < -0.3 is 9.47 Å². The first-order valence-corrected chi connectivity index (χ1v) is 11.7. The Morgan fingerprint density at radius 3 is 2.29 bits per heavy atom. The minimum atomic E-state index is -3.98. The van der Waals surface area contributed by atoms with E-state index in [0.717, 1.165) is 15.2 Å². The summed E-state index contributed by atoms with van der Waals surface area (Å²) in [6, 6.07) is 14.3. The van der Waals surface area contributed by atoms with Crippen molar-refractivity contribution in [2.24, 2.45) is 0 Å². The minimum Gasteiger partial charge on any atom is -0.460 e. The van der Waals surface area contributed by atoms with Crippen molar-refractivity contribution in [3.05, 3.63) is 59.7 Å². The molecule has 7 nitrogen and oxygen atoms in total. The van der Waals surface area contributed by atoms with Crippen LogP contribution in [0, 0.1) is 6.92 Å². The third-order valence-electron chi connectivity index (χ3n) is 4.85. The summed E-state index contributed by atoms with van der Waals surface area (Å²) in [5, 5.41) is 4.18. The van der Waals surface area contributed by atoms with Crippen LogP contribution in [0.1, 0.15) is 38.8 Å². The molecule has 3 aromatic rings. The zero-order chi connectivity index (χ0) is 22.6. The first-order chi connectivity index (χ1) is 14.6. The molecule has 0 unspecified atom stereocenters. The van der Waals surface area contributed by atoms with Gasteiger partial charge in [-0.3, -0.25) is 0 Å². The lowest BCUT2D eigenvalue weighted by molar-refractivity contribution is 0.106. The number of rotatable bonds is 8. The van der Waals surface area contributed by atoms with E-state index < -0.39 is 10.0 Å². The van der Waals surface area contributed by atoms with Crippen LogP contribution < -0.4 is 4.74 Å². The average Bonchev–Trinajstić information content (AvgIpc) is 3.16. The summed E-state index contributed by atoms with van der Waals surface area (Å²) in [7, 11) is -3.98. The maximum absolute atomic E-state index is 13.5. The predicted octanol–water partition coefficient (Wildman–Crippen LogP) is 4.20. The van der Waals surface area contributed by atoms with Gasteiger partial charge in [0.25, 0.3) is 10.0 Å². The number of benzene rings is 2. The maximum Gasteiger partial charge on any atom is 0.337 e. The number of hydrogen-bond donors (Lipinski definition) is 0. The fourth-order valence-electron chi connectivity index (χ4n) is 3.06. The summed E-state index contributed by atoms with van der Waals surface area (Å²) in [4.78, 5) is 4.52. The van der Waals surface area contributed by atoms with Gasteiger partial charge in [0.05, 0.1) is 11.5 Å². The van der Waals surface area contributed by atoms with Crippen LogP contribution in [0.3, 0.4) is 0 Å². The van der Waals surface area contributed by atoms with Crippen LogP contribution >= 0.6 is 0 Å². The molecule has 1 aromatic heterocycles. The van der Waals surface area contributed by atoms with Crippen molar-refractivity contribution in [1.29, 1.82) is 0 Å². The van der Waals surface area contributed by atoms with Crippen molar-refractivity contribution < 1.29 is 17.9 Å². The van der Waals surface area contributed by atoms with Crippen molar-refractivity contribution in [2.75, 3.05) is 19.8 Å². The van der Waals surface area contributed by atoms with Crippen molar-refractivity contribution in [3.63, 3.8) is 0 Å². The molecular formula is C23H29N3O4S. The van der Waals surface area contributed by atoms with Gasteiger partial charge in [-0.05, 0) is 42.5 Å². The number of aromatic nitrogens is 3. The Balaban J connectivity index is 2.05. The Labute approximate surface area is 184 Å². The summed E-state index contributed by atoms with van der Waals surface area (Å²) in [6.45, 7) is 11.2. The predicted molar refractivity (Wildman–Crippen MR) is 120 cm³/mol. The molecule has 2 aromatic carbocycles. The van der Waals surface area contributed by atoms with E-state index in [1.165, 1.54) is 0 Å². The van der Waals surface area contributed by atoms with Crippen molar-refractivity contribution in [1.82, 2.24) is 14.2 Å². The van der Waals surface area contributed by atoms with Gasteiger partial charge in [0.1, 0.15) is 6.61 Å². The van der Waals surface area contributed by atoms with Gasteiger partial charge in [-0.25, -0.2) is 0 Å². The molecule has 0 fully saturated rings. The molecule has 0 atom stereocenters. The van der Waals surface area contributed by atoms with E-state index in [1.54, 1.807) is 12.1 Å². The van der Waals surface area contributed by atoms with E-state index in [0.29, 0.717) is 18.8 Å². The second-order valence-corrected chi connectivity index (χ2v) is 9.97. The minimum absolute atomic E-state index is 0.00663. The van der Waals surface area contributed by atoms with Gasteiger partial charge in [0.2, 0.25) is 0 Å². The summed E-state index contributed by atoms with van der Waals surface area (Å²) in [6.07, 6.45) is 0. The third kappa shape index (κ3) is 5.14. The highest BCUT2D eigenvalue weighted by molar-refractivity contribution is 7.90. The molecule has 0 saturated heterocycles. The van der Waals surface area contributed by atoms with Crippen LogP contribution in [0.4, 0.5) is 0 Å². The number of aryl methyl sites for hydroxylation is 1. The van der Waals surface area contributed by atoms with Gasteiger partial charge in [-0.2, -0.15) is 13.4 Å². The Hall–Kier alpha value is -2.71. The summed E-state index contributed by atoms with van der Waals surface area (Å²) in [5.74, 6) is 0.212. The molecule has 8 heteroatoms. The molecule has 0 aliphatic rings. The third-order valence-corrected chi connectivity index (χ3v) is 6.43. The second kappa shape index (κ2) is 9.20. The summed E-state index contributed by atoms with van der Waals surface area (Å²) >= 11 is 0. The SMILES string of the molecule is CCOCCOc1nc(-c2ccccc2C)n(S(=O)(=O)c2ccc(C(C)(C)C)cc2)n1. The lowest BCUT2D eigenvalue weighted by atomic mass is 9.87. The summed E-state index contributed by atoms with van der Waals surface area (Å²) < 4.78 is 38.7. The van der Waals surface area contributed by atoms with E-state index in [-0.39, 0.29) is 28.8 Å². The van der Waals surface area contributed by atoms with Crippen LogP contribution in [0.25, 0.3) is 11.4 Å². The van der Waals surface area contributed by atoms with Gasteiger partial charge in [0, 0.05) is 12.2 Å².